The Bertz CT molecular complexity index is 457. The third kappa shape index (κ3) is 7.79. The number of amides is 2. The van der Waals surface area contributed by atoms with E-state index in [2.05, 4.69) is 15.6 Å². The van der Waals surface area contributed by atoms with Crippen LogP contribution >= 0.6 is 24.8 Å². The maximum absolute atomic E-state index is 12.6. The lowest BCUT2D eigenvalue weighted by molar-refractivity contribution is -0.125. The molecule has 2 amide bonds. The molecule has 0 aliphatic carbocycles. The summed E-state index contributed by atoms with van der Waals surface area (Å²) in [6, 6.07) is 1.85. The Labute approximate surface area is 134 Å². The Morgan fingerprint density at radius 3 is 2.43 bits per heavy atom. The van der Waals surface area contributed by atoms with Crippen LogP contribution in [0.3, 0.4) is 0 Å². The number of nitrogens with two attached hydrogens (primary N) is 1. The van der Waals surface area contributed by atoms with Gasteiger partial charge < -0.3 is 16.4 Å². The fourth-order valence-electron chi connectivity index (χ4n) is 1.22. The second-order valence-corrected chi connectivity index (χ2v) is 4.40. The first-order valence-corrected chi connectivity index (χ1v) is 5.85. The first kappa shape index (κ1) is 21.9. The van der Waals surface area contributed by atoms with Crippen molar-refractivity contribution in [3.8, 4) is 0 Å². The molecule has 1 atom stereocenters. The van der Waals surface area contributed by atoms with Crippen LogP contribution in [0.2, 0.25) is 0 Å². The zero-order chi connectivity index (χ0) is 14.4. The van der Waals surface area contributed by atoms with Gasteiger partial charge in [0.25, 0.3) is 0 Å². The molecule has 9 heteroatoms. The minimum Gasteiger partial charge on any atom is -0.346 e. The van der Waals surface area contributed by atoms with Crippen molar-refractivity contribution in [2.24, 2.45) is 11.7 Å². The van der Waals surface area contributed by atoms with Gasteiger partial charge in [-0.15, -0.1) is 24.8 Å². The quantitative estimate of drug-likeness (QED) is 0.747. The molecule has 1 rings (SSSR count). The minimum absolute atomic E-state index is 0. The van der Waals surface area contributed by atoms with Gasteiger partial charge in [-0.05, 0) is 18.1 Å². The summed E-state index contributed by atoms with van der Waals surface area (Å²) in [5.41, 5.74) is 5.62. The Morgan fingerprint density at radius 1 is 1.33 bits per heavy atom. The molecule has 1 aromatic heterocycles. The second-order valence-electron chi connectivity index (χ2n) is 4.40. The van der Waals surface area contributed by atoms with Crippen LogP contribution in [0.4, 0.5) is 10.2 Å². The largest absolute Gasteiger partial charge is 0.346 e. The lowest BCUT2D eigenvalue weighted by atomic mass is 10.1. The second kappa shape index (κ2) is 10.3. The summed E-state index contributed by atoms with van der Waals surface area (Å²) in [5.74, 6) is -1.13. The van der Waals surface area contributed by atoms with Crippen LogP contribution in [-0.4, -0.2) is 29.4 Å². The summed E-state index contributed by atoms with van der Waals surface area (Å²) in [5, 5.41) is 4.84. The van der Waals surface area contributed by atoms with E-state index in [-0.39, 0.29) is 43.1 Å². The molecule has 0 spiro atoms. The molecule has 0 unspecified atom stereocenters. The van der Waals surface area contributed by atoms with E-state index in [1.54, 1.807) is 0 Å². The number of pyridine rings is 1. The smallest absolute Gasteiger partial charge is 0.244 e. The summed E-state index contributed by atoms with van der Waals surface area (Å²) in [6.07, 6.45) is 0.989. The van der Waals surface area contributed by atoms with Crippen molar-refractivity contribution >= 4 is 42.4 Å². The molecular weight excluding hydrogens is 322 g/mol. The zero-order valence-corrected chi connectivity index (χ0v) is 13.3. The molecule has 6 nitrogen and oxygen atoms in total. The number of rotatable bonds is 5. The Kier molecular flexibility index (Phi) is 10.7. The summed E-state index contributed by atoms with van der Waals surface area (Å²) < 4.78 is 12.6. The molecule has 0 radical (unpaired) electrons. The van der Waals surface area contributed by atoms with Crippen LogP contribution in [0.25, 0.3) is 0 Å². The average molecular weight is 341 g/mol. The van der Waals surface area contributed by atoms with Crippen molar-refractivity contribution in [2.45, 2.75) is 19.9 Å². The number of carbonyl (C=O) groups is 2. The predicted molar refractivity (Wildman–Crippen MR) is 83.1 cm³/mol. The van der Waals surface area contributed by atoms with Gasteiger partial charge in [0.1, 0.15) is 11.6 Å². The monoisotopic (exact) mass is 340 g/mol. The van der Waals surface area contributed by atoms with Gasteiger partial charge in [-0.1, -0.05) is 13.8 Å². The fraction of sp³-hybridized carbons (Fsp3) is 0.417. The maximum atomic E-state index is 12.6. The van der Waals surface area contributed by atoms with Gasteiger partial charge in [0.15, 0.2) is 0 Å². The van der Waals surface area contributed by atoms with Crippen molar-refractivity contribution in [3.05, 3.63) is 24.1 Å². The highest BCUT2D eigenvalue weighted by molar-refractivity contribution is 5.94. The Hall–Kier alpha value is -1.44. The van der Waals surface area contributed by atoms with Crippen LogP contribution in [0.5, 0.6) is 0 Å². The third-order valence-electron chi connectivity index (χ3n) is 2.44. The van der Waals surface area contributed by atoms with Crippen molar-refractivity contribution in [1.82, 2.24) is 10.3 Å². The third-order valence-corrected chi connectivity index (χ3v) is 2.44. The van der Waals surface area contributed by atoms with Gasteiger partial charge >= 0.3 is 0 Å². The van der Waals surface area contributed by atoms with Crippen LogP contribution in [0.15, 0.2) is 18.3 Å². The number of aromatic nitrogens is 1. The normalized spacial score (nSPS) is 10.9. The van der Waals surface area contributed by atoms with Crippen molar-refractivity contribution < 1.29 is 14.0 Å². The molecule has 0 aliphatic heterocycles. The zero-order valence-electron chi connectivity index (χ0n) is 11.6. The van der Waals surface area contributed by atoms with E-state index in [1.165, 1.54) is 12.1 Å². The first-order valence-electron chi connectivity index (χ1n) is 5.85. The van der Waals surface area contributed by atoms with Crippen molar-refractivity contribution in [1.29, 1.82) is 0 Å². The van der Waals surface area contributed by atoms with E-state index in [1.807, 2.05) is 13.8 Å². The summed E-state index contributed by atoms with van der Waals surface area (Å²) in [7, 11) is 0. The van der Waals surface area contributed by atoms with E-state index in [0.29, 0.717) is 0 Å². The van der Waals surface area contributed by atoms with Crippen molar-refractivity contribution in [3.63, 3.8) is 0 Å². The highest BCUT2D eigenvalue weighted by atomic mass is 35.5. The molecule has 21 heavy (non-hydrogen) atoms. The predicted octanol–water partition coefficient (Wildman–Crippen LogP) is 1.10. The van der Waals surface area contributed by atoms with Crippen LogP contribution in [0, 0.1) is 11.7 Å². The Balaban J connectivity index is 0. The highest BCUT2D eigenvalue weighted by Crippen LogP contribution is 2.03. The lowest BCUT2D eigenvalue weighted by Crippen LogP contribution is -2.46. The van der Waals surface area contributed by atoms with Crippen LogP contribution < -0.4 is 16.4 Å². The van der Waals surface area contributed by atoms with E-state index in [4.69, 9.17) is 5.73 Å². The van der Waals surface area contributed by atoms with Gasteiger partial charge in [-0.3, -0.25) is 9.59 Å². The number of nitrogens with one attached hydrogen (secondary N) is 2. The molecule has 0 aromatic carbocycles. The number of hydrogen-bond donors (Lipinski definition) is 3. The fourth-order valence-corrected chi connectivity index (χ4v) is 1.22. The van der Waals surface area contributed by atoms with E-state index in [9.17, 15) is 14.0 Å². The average Bonchev–Trinajstić information content (AvgIpc) is 2.37. The Morgan fingerprint density at radius 2 is 1.95 bits per heavy atom. The SMILES string of the molecule is CC(C)[C@H](N)C(=O)NCC(=O)Nc1ccc(F)cn1.Cl.Cl. The molecule has 0 bridgehead atoms. The van der Waals surface area contributed by atoms with Gasteiger partial charge in [0, 0.05) is 0 Å². The minimum atomic E-state index is -0.656. The van der Waals surface area contributed by atoms with Gasteiger partial charge in [-0.2, -0.15) is 0 Å². The number of halogens is 3. The standard InChI is InChI=1S/C12H17FN4O2.2ClH/c1-7(2)11(14)12(19)16-6-10(18)17-9-4-3-8(13)5-15-9;;/h3-5,7,11H,6,14H2,1-2H3,(H,16,19)(H,15,17,18);2*1H/t11-;;/m0../s1. The summed E-state index contributed by atoms with van der Waals surface area (Å²) in [4.78, 5) is 26.7. The van der Waals surface area contributed by atoms with Crippen LogP contribution in [0.1, 0.15) is 13.8 Å². The number of nitrogens with zero attached hydrogens (tertiary/aromatic N) is 1. The topological polar surface area (TPSA) is 97.1 Å². The first-order chi connectivity index (χ1) is 8.90. The van der Waals surface area contributed by atoms with Crippen LogP contribution in [-0.2, 0) is 9.59 Å². The molecule has 120 valence electrons. The number of carbonyl (C=O) groups excluding carboxylic acids is 2. The van der Waals surface area contributed by atoms with E-state index < -0.39 is 23.7 Å². The van der Waals surface area contributed by atoms with Gasteiger partial charge in [-0.25, -0.2) is 9.37 Å². The van der Waals surface area contributed by atoms with E-state index >= 15 is 0 Å². The number of hydrogen-bond acceptors (Lipinski definition) is 4. The molecule has 1 heterocycles. The number of anilines is 1. The summed E-state index contributed by atoms with van der Waals surface area (Å²) in [6.45, 7) is 3.41. The summed E-state index contributed by atoms with van der Waals surface area (Å²) >= 11 is 0. The molecule has 0 saturated carbocycles. The molecule has 0 fully saturated rings. The van der Waals surface area contributed by atoms with Crippen molar-refractivity contribution in [2.75, 3.05) is 11.9 Å². The molecule has 0 aliphatic rings. The highest BCUT2D eigenvalue weighted by Gasteiger charge is 2.17. The maximum Gasteiger partial charge on any atom is 0.244 e. The lowest BCUT2D eigenvalue weighted by Gasteiger charge is -2.14. The molecule has 0 saturated heterocycles. The van der Waals surface area contributed by atoms with Gasteiger partial charge in [0.2, 0.25) is 11.8 Å². The van der Waals surface area contributed by atoms with E-state index in [0.717, 1.165) is 6.20 Å². The molecular formula is C12H19Cl2FN4O2. The molecule has 1 aromatic rings. The van der Waals surface area contributed by atoms with Gasteiger partial charge in [0.05, 0.1) is 18.8 Å². The molecule has 4 N–H and O–H groups in total.